The monoisotopic (exact) mass is 350 g/mol. The van der Waals surface area contributed by atoms with Crippen molar-refractivity contribution in [1.29, 1.82) is 0 Å². The van der Waals surface area contributed by atoms with E-state index < -0.39 is 12.5 Å². The highest BCUT2D eigenvalue weighted by Crippen LogP contribution is 2.32. The fourth-order valence-electron chi connectivity index (χ4n) is 1.58. The lowest BCUT2D eigenvalue weighted by Gasteiger charge is -2.05. The maximum atomic E-state index is 12.4. The minimum Gasteiger partial charge on any atom is -0.346 e. The van der Waals surface area contributed by atoms with Crippen LogP contribution in [0.15, 0.2) is 21.5 Å². The van der Waals surface area contributed by atoms with Crippen LogP contribution in [0.5, 0.6) is 0 Å². The Morgan fingerprint density at radius 1 is 1.48 bits per heavy atom. The number of rotatable bonds is 6. The van der Waals surface area contributed by atoms with E-state index in [4.69, 9.17) is 0 Å². The summed E-state index contributed by atoms with van der Waals surface area (Å²) in [6.07, 6.45) is 4.93. The molecule has 0 spiro atoms. The number of hydrogen-bond donors (Lipinski definition) is 1. The van der Waals surface area contributed by atoms with E-state index in [1.807, 2.05) is 12.5 Å². The summed E-state index contributed by atoms with van der Waals surface area (Å²) in [6.45, 7) is -2.46. The summed E-state index contributed by atoms with van der Waals surface area (Å²) in [4.78, 5) is 11.9. The minimum absolute atomic E-state index is 0.0325. The predicted octanol–water partition coefficient (Wildman–Crippen LogP) is 3.11. The molecule has 5 nitrogen and oxygen atoms in total. The predicted molar refractivity (Wildman–Crippen MR) is 80.3 cm³/mol. The number of amides is 1. The van der Waals surface area contributed by atoms with Crippen molar-refractivity contribution in [1.82, 2.24) is 19.5 Å². The van der Waals surface area contributed by atoms with E-state index >= 15 is 0 Å². The summed E-state index contributed by atoms with van der Waals surface area (Å²) >= 11 is 4.44. The van der Waals surface area contributed by atoms with Crippen LogP contribution in [0.25, 0.3) is 0 Å². The molecule has 0 saturated heterocycles. The molecule has 0 atom stereocenters. The molecule has 0 aliphatic carbocycles. The molecule has 0 aliphatic rings. The highest BCUT2D eigenvalue weighted by molar-refractivity contribution is 8.01. The summed E-state index contributed by atoms with van der Waals surface area (Å²) < 4.78 is 30.6. The van der Waals surface area contributed by atoms with Gasteiger partial charge in [-0.2, -0.15) is 18.3 Å². The molecule has 2 aromatic rings. The fourth-order valence-corrected chi connectivity index (χ4v) is 3.92. The maximum Gasteiger partial charge on any atom is 0.333 e. The van der Waals surface area contributed by atoms with E-state index in [9.17, 15) is 13.6 Å². The van der Waals surface area contributed by atoms with Crippen molar-refractivity contribution in [2.45, 2.75) is 22.3 Å². The number of alkyl halides is 2. The van der Waals surface area contributed by atoms with Crippen molar-refractivity contribution in [2.75, 3.05) is 12.5 Å². The van der Waals surface area contributed by atoms with Gasteiger partial charge in [0.15, 0.2) is 0 Å². The van der Waals surface area contributed by atoms with Gasteiger partial charge in [0.25, 0.3) is 5.91 Å². The van der Waals surface area contributed by atoms with Crippen LogP contribution in [0.1, 0.15) is 22.6 Å². The third kappa shape index (κ3) is 3.74. The van der Waals surface area contributed by atoms with Gasteiger partial charge in [0, 0.05) is 18.3 Å². The zero-order valence-electron chi connectivity index (χ0n) is 11.2. The number of halogens is 2. The summed E-state index contributed by atoms with van der Waals surface area (Å²) in [5, 5.41) is 7.07. The second-order valence-corrected chi connectivity index (χ2v) is 6.45. The highest BCUT2D eigenvalue weighted by atomic mass is 32.2. The van der Waals surface area contributed by atoms with Crippen molar-refractivity contribution in [3.63, 3.8) is 0 Å². The number of hydrogen-bond acceptors (Lipinski definition) is 6. The van der Waals surface area contributed by atoms with Crippen LogP contribution in [0.2, 0.25) is 0 Å². The number of nitrogens with one attached hydrogen (secondary N) is 1. The molecule has 2 rings (SSSR count). The third-order valence-electron chi connectivity index (χ3n) is 2.56. The van der Waals surface area contributed by atoms with Crippen molar-refractivity contribution in [3.05, 3.63) is 23.5 Å². The first kappa shape index (κ1) is 16.2. The van der Waals surface area contributed by atoms with E-state index in [-0.39, 0.29) is 5.69 Å². The topological polar surface area (TPSA) is 59.8 Å². The average Bonchev–Trinajstić information content (AvgIpc) is 3.10. The first-order valence-electron chi connectivity index (χ1n) is 5.74. The van der Waals surface area contributed by atoms with Gasteiger partial charge in [0.2, 0.25) is 0 Å². The standard InChI is InChI=1S/C11H12F2N4OS3/c1-19-9-6(10(20-2)21-16-9)5-14-8(18)7-3-4-17(15-7)11(12)13/h3-4,11H,5H2,1-2H3,(H,14,18). The molecule has 0 radical (unpaired) electrons. The average molecular weight is 350 g/mol. The van der Waals surface area contributed by atoms with Gasteiger partial charge in [-0.25, -0.2) is 4.68 Å². The minimum atomic E-state index is -2.75. The van der Waals surface area contributed by atoms with Crippen LogP contribution in [-0.2, 0) is 6.54 Å². The van der Waals surface area contributed by atoms with E-state index in [1.54, 1.807) is 11.8 Å². The molecule has 1 amide bonds. The van der Waals surface area contributed by atoms with E-state index in [1.165, 1.54) is 29.4 Å². The molecule has 0 fully saturated rings. The van der Waals surface area contributed by atoms with Crippen molar-refractivity contribution in [2.24, 2.45) is 0 Å². The molecule has 1 N–H and O–H groups in total. The summed E-state index contributed by atoms with van der Waals surface area (Å²) in [6, 6.07) is 1.26. The third-order valence-corrected chi connectivity index (χ3v) is 5.43. The Hall–Kier alpha value is -1.13. The van der Waals surface area contributed by atoms with Gasteiger partial charge in [-0.15, -0.1) is 23.5 Å². The van der Waals surface area contributed by atoms with Crippen LogP contribution in [0, 0.1) is 0 Å². The van der Waals surface area contributed by atoms with Gasteiger partial charge >= 0.3 is 6.55 Å². The highest BCUT2D eigenvalue weighted by Gasteiger charge is 2.16. The van der Waals surface area contributed by atoms with Gasteiger partial charge in [-0.3, -0.25) is 4.79 Å². The van der Waals surface area contributed by atoms with E-state index in [0.29, 0.717) is 11.2 Å². The molecular formula is C11H12F2N4OS3. The SMILES string of the molecule is CSc1nsc(SC)c1CNC(=O)c1ccn(C(F)F)n1. The number of carbonyl (C=O) groups excluding carboxylic acids is 1. The summed E-state index contributed by atoms with van der Waals surface area (Å²) in [5.41, 5.74) is 0.913. The lowest BCUT2D eigenvalue weighted by atomic mass is 10.3. The van der Waals surface area contributed by atoms with Crippen LogP contribution >= 0.6 is 35.1 Å². The van der Waals surface area contributed by atoms with Crippen LogP contribution < -0.4 is 5.32 Å². The molecular weight excluding hydrogens is 338 g/mol. The molecule has 0 aliphatic heterocycles. The Morgan fingerprint density at radius 2 is 2.24 bits per heavy atom. The van der Waals surface area contributed by atoms with Crippen LogP contribution in [0.4, 0.5) is 8.78 Å². The lowest BCUT2D eigenvalue weighted by molar-refractivity contribution is 0.0560. The lowest BCUT2D eigenvalue weighted by Crippen LogP contribution is -2.23. The molecule has 114 valence electrons. The van der Waals surface area contributed by atoms with Gasteiger partial charge in [-0.1, -0.05) is 0 Å². The van der Waals surface area contributed by atoms with Crippen molar-refractivity contribution in [3.8, 4) is 0 Å². The second-order valence-electron chi connectivity index (χ2n) is 3.80. The van der Waals surface area contributed by atoms with Gasteiger partial charge < -0.3 is 5.32 Å². The number of nitrogens with zero attached hydrogens (tertiary/aromatic N) is 3. The van der Waals surface area contributed by atoms with Crippen molar-refractivity contribution >= 4 is 41.0 Å². The number of thioether (sulfide) groups is 2. The van der Waals surface area contributed by atoms with Gasteiger partial charge in [0.1, 0.15) is 10.7 Å². The number of aromatic nitrogens is 3. The molecule has 0 aromatic carbocycles. The molecule has 0 saturated carbocycles. The normalized spacial score (nSPS) is 11.1. The zero-order chi connectivity index (χ0) is 15.4. The molecule has 2 aromatic heterocycles. The Bertz CT molecular complexity index is 607. The summed E-state index contributed by atoms with van der Waals surface area (Å²) in [5.74, 6) is -0.486. The smallest absolute Gasteiger partial charge is 0.333 e. The fraction of sp³-hybridized carbons (Fsp3) is 0.364. The Kier molecular flexibility index (Phi) is 5.59. The van der Waals surface area contributed by atoms with Crippen LogP contribution in [0.3, 0.4) is 0 Å². The zero-order valence-corrected chi connectivity index (χ0v) is 13.6. The van der Waals surface area contributed by atoms with Crippen LogP contribution in [-0.4, -0.2) is 32.6 Å². The quantitative estimate of drug-likeness (QED) is 0.811. The molecule has 0 unspecified atom stereocenters. The van der Waals surface area contributed by atoms with E-state index in [0.717, 1.165) is 21.0 Å². The van der Waals surface area contributed by atoms with Crippen molar-refractivity contribution < 1.29 is 13.6 Å². The van der Waals surface area contributed by atoms with Gasteiger partial charge in [0.05, 0.1) is 4.21 Å². The van der Waals surface area contributed by atoms with E-state index in [2.05, 4.69) is 14.8 Å². The molecule has 21 heavy (non-hydrogen) atoms. The second kappa shape index (κ2) is 7.23. The Morgan fingerprint density at radius 3 is 2.81 bits per heavy atom. The Labute approximate surface area is 132 Å². The first-order chi connectivity index (χ1) is 10.1. The Balaban J connectivity index is 2.05. The molecule has 0 bridgehead atoms. The number of carbonyl (C=O) groups is 1. The maximum absolute atomic E-state index is 12.4. The largest absolute Gasteiger partial charge is 0.346 e. The summed E-state index contributed by atoms with van der Waals surface area (Å²) in [7, 11) is 0. The van der Waals surface area contributed by atoms with Gasteiger partial charge in [-0.05, 0) is 30.1 Å². The molecule has 10 heteroatoms. The molecule has 2 heterocycles. The first-order valence-corrected chi connectivity index (χ1v) is 8.97.